The third kappa shape index (κ3) is 3.48. The van der Waals surface area contributed by atoms with Gasteiger partial charge in [-0.3, -0.25) is 4.79 Å². The van der Waals surface area contributed by atoms with Crippen LogP contribution in [0.1, 0.15) is 17.3 Å². The normalized spacial score (nSPS) is 11.5. The number of rotatable bonds is 4. The van der Waals surface area contributed by atoms with Gasteiger partial charge in [0.1, 0.15) is 11.8 Å². The van der Waals surface area contributed by atoms with E-state index in [9.17, 15) is 9.59 Å². The summed E-state index contributed by atoms with van der Waals surface area (Å²) < 4.78 is 9.49. The van der Waals surface area contributed by atoms with Crippen LogP contribution in [0.3, 0.4) is 0 Å². The average molecular weight is 237 g/mol. The second kappa shape index (κ2) is 5.89. The Labute approximate surface area is 99.7 Å². The van der Waals surface area contributed by atoms with Crippen LogP contribution in [0.2, 0.25) is 0 Å². The van der Waals surface area contributed by atoms with Crippen molar-refractivity contribution in [1.82, 2.24) is 5.32 Å². The molecule has 1 N–H and O–H groups in total. The van der Waals surface area contributed by atoms with Crippen LogP contribution in [0.4, 0.5) is 0 Å². The molecule has 0 saturated heterocycles. The summed E-state index contributed by atoms with van der Waals surface area (Å²) in [5, 5.41) is 2.53. The quantitative estimate of drug-likeness (QED) is 0.793. The number of amides is 1. The zero-order chi connectivity index (χ0) is 12.8. The number of esters is 1. The first-order valence-corrected chi connectivity index (χ1v) is 5.11. The largest absolute Gasteiger partial charge is 0.497 e. The zero-order valence-electron chi connectivity index (χ0n) is 10.0. The van der Waals surface area contributed by atoms with Crippen molar-refractivity contribution in [3.05, 3.63) is 29.8 Å². The Bertz CT molecular complexity index is 399. The van der Waals surface area contributed by atoms with E-state index in [1.807, 2.05) is 0 Å². The fourth-order valence-corrected chi connectivity index (χ4v) is 1.26. The molecule has 5 heteroatoms. The fourth-order valence-electron chi connectivity index (χ4n) is 1.26. The summed E-state index contributed by atoms with van der Waals surface area (Å²) in [4.78, 5) is 22.8. The van der Waals surface area contributed by atoms with Gasteiger partial charge in [-0.05, 0) is 31.2 Å². The van der Waals surface area contributed by atoms with E-state index in [0.29, 0.717) is 11.3 Å². The van der Waals surface area contributed by atoms with E-state index in [2.05, 4.69) is 10.1 Å². The van der Waals surface area contributed by atoms with Gasteiger partial charge < -0.3 is 14.8 Å². The van der Waals surface area contributed by atoms with Crippen molar-refractivity contribution in [2.45, 2.75) is 13.0 Å². The lowest BCUT2D eigenvalue weighted by Crippen LogP contribution is -2.39. The molecular formula is C12H15NO4. The van der Waals surface area contributed by atoms with Crippen LogP contribution < -0.4 is 10.1 Å². The highest BCUT2D eigenvalue weighted by Crippen LogP contribution is 2.11. The Morgan fingerprint density at radius 3 is 2.24 bits per heavy atom. The SMILES string of the molecule is COC(=O)[C@H](C)NC(=O)c1ccc(OC)cc1. The lowest BCUT2D eigenvalue weighted by atomic mass is 10.2. The van der Waals surface area contributed by atoms with Crippen molar-refractivity contribution in [1.29, 1.82) is 0 Å². The van der Waals surface area contributed by atoms with Gasteiger partial charge in [0, 0.05) is 5.56 Å². The van der Waals surface area contributed by atoms with Gasteiger partial charge in [-0.15, -0.1) is 0 Å². The van der Waals surface area contributed by atoms with Gasteiger partial charge >= 0.3 is 5.97 Å². The first-order valence-electron chi connectivity index (χ1n) is 5.11. The Hall–Kier alpha value is -2.04. The lowest BCUT2D eigenvalue weighted by Gasteiger charge is -2.11. The molecule has 0 spiro atoms. The number of carbonyl (C=O) groups excluding carboxylic acids is 2. The van der Waals surface area contributed by atoms with E-state index in [1.54, 1.807) is 38.3 Å². The van der Waals surface area contributed by atoms with E-state index in [0.717, 1.165) is 0 Å². The minimum Gasteiger partial charge on any atom is -0.497 e. The van der Waals surface area contributed by atoms with Crippen LogP contribution in [0, 0.1) is 0 Å². The maximum Gasteiger partial charge on any atom is 0.328 e. The molecule has 17 heavy (non-hydrogen) atoms. The molecule has 1 rings (SSSR count). The van der Waals surface area contributed by atoms with E-state index in [-0.39, 0.29) is 5.91 Å². The van der Waals surface area contributed by atoms with Crippen molar-refractivity contribution in [2.75, 3.05) is 14.2 Å². The summed E-state index contributed by atoms with van der Waals surface area (Å²) in [6, 6.07) is 5.93. The zero-order valence-corrected chi connectivity index (χ0v) is 10.0. The molecule has 0 bridgehead atoms. The summed E-state index contributed by atoms with van der Waals surface area (Å²) >= 11 is 0. The van der Waals surface area contributed by atoms with E-state index >= 15 is 0 Å². The summed E-state index contributed by atoms with van der Waals surface area (Å²) in [7, 11) is 2.83. The van der Waals surface area contributed by atoms with Crippen LogP contribution in [0.15, 0.2) is 24.3 Å². The molecule has 1 aromatic carbocycles. The standard InChI is InChI=1S/C12H15NO4/c1-8(12(15)17-3)13-11(14)9-4-6-10(16-2)7-5-9/h4-8H,1-3H3,(H,13,14)/t8-/m0/s1. The molecule has 1 atom stereocenters. The molecule has 0 aliphatic carbocycles. The van der Waals surface area contributed by atoms with Crippen molar-refractivity contribution in [2.24, 2.45) is 0 Å². The number of ether oxygens (including phenoxy) is 2. The molecule has 1 amide bonds. The van der Waals surface area contributed by atoms with Crippen molar-refractivity contribution < 1.29 is 19.1 Å². The van der Waals surface area contributed by atoms with Gasteiger partial charge in [0.15, 0.2) is 0 Å². The molecule has 0 saturated carbocycles. The number of benzene rings is 1. The molecule has 0 aromatic heterocycles. The molecule has 1 aromatic rings. The van der Waals surface area contributed by atoms with Crippen molar-refractivity contribution in [3.63, 3.8) is 0 Å². The number of hydrogen-bond donors (Lipinski definition) is 1. The summed E-state index contributed by atoms with van der Waals surface area (Å²) in [6.07, 6.45) is 0. The van der Waals surface area contributed by atoms with Crippen LogP contribution in [0.25, 0.3) is 0 Å². The monoisotopic (exact) mass is 237 g/mol. The summed E-state index contributed by atoms with van der Waals surface area (Å²) in [5.41, 5.74) is 0.460. The summed E-state index contributed by atoms with van der Waals surface area (Å²) in [5.74, 6) is -0.139. The van der Waals surface area contributed by atoms with Crippen LogP contribution in [0.5, 0.6) is 5.75 Å². The van der Waals surface area contributed by atoms with Crippen molar-refractivity contribution in [3.8, 4) is 5.75 Å². The maximum absolute atomic E-state index is 11.7. The van der Waals surface area contributed by atoms with Gasteiger partial charge in [-0.2, -0.15) is 0 Å². The number of carbonyl (C=O) groups is 2. The van der Waals surface area contributed by atoms with Gasteiger partial charge in [-0.1, -0.05) is 0 Å². The molecular weight excluding hydrogens is 222 g/mol. The van der Waals surface area contributed by atoms with Crippen LogP contribution in [-0.2, 0) is 9.53 Å². The first-order chi connectivity index (χ1) is 8.08. The van der Waals surface area contributed by atoms with E-state index in [4.69, 9.17) is 4.74 Å². The predicted octanol–water partition coefficient (Wildman–Crippen LogP) is 0.986. The van der Waals surface area contributed by atoms with Gasteiger partial charge in [0.05, 0.1) is 14.2 Å². The molecule has 5 nitrogen and oxygen atoms in total. The highest BCUT2D eigenvalue weighted by atomic mass is 16.5. The average Bonchev–Trinajstić information content (AvgIpc) is 2.37. The Morgan fingerprint density at radius 2 is 1.76 bits per heavy atom. The molecule has 92 valence electrons. The Balaban J connectivity index is 2.66. The minimum absolute atomic E-state index is 0.328. The van der Waals surface area contributed by atoms with Gasteiger partial charge in [0.2, 0.25) is 0 Å². The van der Waals surface area contributed by atoms with Crippen LogP contribution >= 0.6 is 0 Å². The van der Waals surface area contributed by atoms with Crippen LogP contribution in [-0.4, -0.2) is 32.1 Å². The molecule has 0 heterocycles. The summed E-state index contributed by atoms with van der Waals surface area (Å²) in [6.45, 7) is 1.56. The Kier molecular flexibility index (Phi) is 4.51. The van der Waals surface area contributed by atoms with Gasteiger partial charge in [0.25, 0.3) is 5.91 Å². The maximum atomic E-state index is 11.7. The third-order valence-corrected chi connectivity index (χ3v) is 2.25. The van der Waals surface area contributed by atoms with E-state index < -0.39 is 12.0 Å². The lowest BCUT2D eigenvalue weighted by molar-refractivity contribution is -0.142. The highest BCUT2D eigenvalue weighted by Gasteiger charge is 2.16. The second-order valence-corrected chi connectivity index (χ2v) is 3.45. The first kappa shape index (κ1) is 13.0. The molecule has 0 aliphatic heterocycles. The number of methoxy groups -OCH3 is 2. The molecule has 0 radical (unpaired) electrons. The van der Waals surface area contributed by atoms with E-state index in [1.165, 1.54) is 7.11 Å². The highest BCUT2D eigenvalue weighted by molar-refractivity contribution is 5.96. The molecule has 0 fully saturated rings. The second-order valence-electron chi connectivity index (χ2n) is 3.45. The predicted molar refractivity (Wildman–Crippen MR) is 61.9 cm³/mol. The minimum atomic E-state index is -0.672. The fraction of sp³-hybridized carbons (Fsp3) is 0.333. The number of hydrogen-bond acceptors (Lipinski definition) is 4. The smallest absolute Gasteiger partial charge is 0.328 e. The Morgan fingerprint density at radius 1 is 1.18 bits per heavy atom. The number of nitrogens with one attached hydrogen (secondary N) is 1. The molecule has 0 aliphatic rings. The van der Waals surface area contributed by atoms with Gasteiger partial charge in [-0.25, -0.2) is 4.79 Å². The third-order valence-electron chi connectivity index (χ3n) is 2.25. The molecule has 0 unspecified atom stereocenters. The topological polar surface area (TPSA) is 64.6 Å². The van der Waals surface area contributed by atoms with Crippen molar-refractivity contribution >= 4 is 11.9 Å².